The number of Topliss-reactive ketones (excluding diaryl/α,β-unsaturated/α-hetero) is 1. The van der Waals surface area contributed by atoms with Gasteiger partial charge in [0.25, 0.3) is 0 Å². The highest BCUT2D eigenvalue weighted by Gasteiger charge is 2.19. The lowest BCUT2D eigenvalue weighted by atomic mass is 10.1. The zero-order valence-electron chi connectivity index (χ0n) is 34.3. The first-order chi connectivity index (χ1) is 21.7. The number of ether oxygens (including phenoxy) is 1. The highest BCUT2D eigenvalue weighted by molar-refractivity contribution is 7.91. The van der Waals surface area contributed by atoms with Gasteiger partial charge >= 0.3 is 6.03 Å². The van der Waals surface area contributed by atoms with Gasteiger partial charge in [-0.15, -0.1) is 0 Å². The number of hydrogen-bond acceptors (Lipinski definition) is 10. The second-order valence-corrected chi connectivity index (χ2v) is 20.2. The Kier molecular flexibility index (Phi) is 37.5. The molecule has 0 radical (unpaired) electrons. The van der Waals surface area contributed by atoms with E-state index in [1.807, 2.05) is 67.0 Å². The van der Waals surface area contributed by atoms with Gasteiger partial charge in [0.1, 0.15) is 15.6 Å². The number of nitrogens with zero attached hydrogens (tertiary/aromatic N) is 2. The second-order valence-electron chi connectivity index (χ2n) is 12.7. The largest absolute Gasteiger partial charge is 0.379 e. The summed E-state index contributed by atoms with van der Waals surface area (Å²) in [5, 5.41) is 1.62. The third-order valence-electron chi connectivity index (χ3n) is 5.48. The molecule has 3 amide bonds. The molecule has 0 saturated carbocycles. The van der Waals surface area contributed by atoms with Gasteiger partial charge in [0.05, 0.1) is 21.9 Å². The van der Waals surface area contributed by atoms with Crippen LogP contribution in [0.2, 0.25) is 0 Å². The van der Waals surface area contributed by atoms with Gasteiger partial charge in [-0.2, -0.15) is 0 Å². The molecule has 14 nitrogen and oxygen atoms in total. The quantitative estimate of drug-likeness (QED) is 0.298. The van der Waals surface area contributed by atoms with Crippen molar-refractivity contribution in [2.75, 3.05) is 41.1 Å². The lowest BCUT2D eigenvalue weighted by molar-refractivity contribution is -0.122. The molecular weight excluding hydrogens is 697 g/mol. The van der Waals surface area contributed by atoms with Gasteiger partial charge < -0.3 is 15.0 Å². The number of sulfone groups is 1. The van der Waals surface area contributed by atoms with Crippen molar-refractivity contribution < 1.29 is 44.4 Å². The number of hydrogen-bond donors (Lipinski definition) is 2. The van der Waals surface area contributed by atoms with Gasteiger partial charge in [-0.3, -0.25) is 9.59 Å². The Morgan fingerprint density at radius 2 is 1.04 bits per heavy atom. The van der Waals surface area contributed by atoms with Gasteiger partial charge in [0.15, 0.2) is 0 Å². The summed E-state index contributed by atoms with van der Waals surface area (Å²) in [5.41, 5.74) is 0. The molecule has 0 aliphatic heterocycles. The molecule has 0 aliphatic carbocycles. The van der Waals surface area contributed by atoms with Crippen LogP contribution in [-0.4, -0.2) is 121 Å². The van der Waals surface area contributed by atoms with Crippen LogP contribution < -0.4 is 10.0 Å². The van der Waals surface area contributed by atoms with Crippen LogP contribution >= 0.6 is 0 Å². The van der Waals surface area contributed by atoms with E-state index in [1.165, 1.54) is 57.5 Å². The number of nitrogens with one attached hydrogen (secondary N) is 2. The van der Waals surface area contributed by atoms with E-state index < -0.39 is 41.2 Å². The molecule has 0 bridgehead atoms. The van der Waals surface area contributed by atoms with Crippen molar-refractivity contribution in [2.24, 2.45) is 5.92 Å². The van der Waals surface area contributed by atoms with Crippen LogP contribution in [-0.2, 0) is 44.2 Å². The van der Waals surface area contributed by atoms with Crippen molar-refractivity contribution in [2.45, 2.75) is 145 Å². The van der Waals surface area contributed by atoms with Gasteiger partial charge in [0, 0.05) is 65.9 Å². The molecule has 0 fully saturated rings. The van der Waals surface area contributed by atoms with E-state index in [0.717, 1.165) is 6.61 Å². The molecule has 49 heavy (non-hydrogen) atoms. The molecule has 0 aliphatic rings. The summed E-state index contributed by atoms with van der Waals surface area (Å²) in [6.45, 7) is 28.0. The Hall–Kier alpha value is -1.82. The van der Waals surface area contributed by atoms with E-state index in [9.17, 15) is 39.6 Å². The fourth-order valence-corrected chi connectivity index (χ4v) is 3.42. The van der Waals surface area contributed by atoms with E-state index in [2.05, 4.69) is 5.32 Å². The maximum Gasteiger partial charge on any atom is 0.330 e. The normalized spacial score (nSPS) is 11.2. The van der Waals surface area contributed by atoms with Crippen LogP contribution in [0, 0.1) is 5.92 Å². The smallest absolute Gasteiger partial charge is 0.330 e. The number of sulfonamides is 2. The molecule has 300 valence electrons. The van der Waals surface area contributed by atoms with Crippen molar-refractivity contribution in [1.82, 2.24) is 19.2 Å². The zero-order valence-corrected chi connectivity index (χ0v) is 36.7. The number of urea groups is 1. The Morgan fingerprint density at radius 3 is 1.12 bits per heavy atom. The third-order valence-corrected chi connectivity index (χ3v) is 11.1. The first-order valence-electron chi connectivity index (χ1n) is 16.5. The minimum Gasteiger partial charge on any atom is -0.379 e. The van der Waals surface area contributed by atoms with E-state index in [1.54, 1.807) is 27.7 Å². The molecule has 0 aromatic carbocycles. The number of carbonyl (C=O) groups excluding carboxylic acids is 3. The molecule has 0 unspecified atom stereocenters. The molecule has 0 aromatic heterocycles. The van der Waals surface area contributed by atoms with Crippen LogP contribution in [0.5, 0.6) is 0 Å². The number of amides is 3. The first kappa shape index (κ1) is 59.3. The SMILES string of the molecule is CC(C)S(=O)(=O)N(C)C.CC(C)S(=O)(=O)NC(=O)N(C)C.CC(C)S(C)(=O)=O.CCC(=O)C(C)C.CCC(=O)NC(C)C.CCOC(C)C. The molecule has 0 heterocycles. The standard InChI is InChI=1S/C6H14N2O3S.C6H13NO.C6H12O.C5H13NO2S.C5H12O.C4H10O2S/c1-5(2)12(10,11)7-6(9)8(3)4;1-4-6(8)7-5(2)3;1-4-6(7)5(2)3;1-5(2)9(7,8)6(3)4;1-4-6-5(2)3;1-4(2)7(3,5)6/h5H,1-4H3,(H,7,9);5H,4H2,1-3H3,(H,7,8);5H,4H2,1-3H3;5H,1-4H3;5H,4H2,1-3H3;4H,1-3H3. The van der Waals surface area contributed by atoms with Gasteiger partial charge in [-0.1, -0.05) is 27.7 Å². The maximum atomic E-state index is 11.1. The predicted molar refractivity (Wildman–Crippen MR) is 204 cm³/mol. The van der Waals surface area contributed by atoms with Crippen LogP contribution in [0.25, 0.3) is 0 Å². The Balaban J connectivity index is -0.000000115. The lowest BCUT2D eigenvalue weighted by Crippen LogP contribution is -2.41. The lowest BCUT2D eigenvalue weighted by Gasteiger charge is -2.13. The zero-order chi connectivity index (χ0) is 41.1. The molecular formula is C32H74N4O10S3. The molecule has 17 heteroatoms. The molecule has 0 spiro atoms. The topological polar surface area (TPSA) is 193 Å². The minimum absolute atomic E-state index is 0.125. The Morgan fingerprint density at radius 1 is 0.653 bits per heavy atom. The highest BCUT2D eigenvalue weighted by atomic mass is 32.2. The van der Waals surface area contributed by atoms with Gasteiger partial charge in [-0.05, 0) is 76.2 Å². The van der Waals surface area contributed by atoms with Crippen molar-refractivity contribution in [1.29, 1.82) is 0 Å². The monoisotopic (exact) mass is 770 g/mol. The van der Waals surface area contributed by atoms with E-state index >= 15 is 0 Å². The van der Waals surface area contributed by atoms with Crippen molar-refractivity contribution in [3.8, 4) is 0 Å². The number of ketones is 1. The van der Waals surface area contributed by atoms with Crippen molar-refractivity contribution in [3.05, 3.63) is 0 Å². The van der Waals surface area contributed by atoms with Crippen molar-refractivity contribution >= 4 is 47.6 Å². The summed E-state index contributed by atoms with van der Waals surface area (Å²) < 4.78 is 72.9. The first-order valence-corrected chi connectivity index (χ1v) is 21.5. The summed E-state index contributed by atoms with van der Waals surface area (Å²) in [7, 11) is -3.18. The summed E-state index contributed by atoms with van der Waals surface area (Å²) in [5.74, 6) is 0.699. The predicted octanol–water partition coefficient (Wildman–Crippen LogP) is 4.70. The summed E-state index contributed by atoms with van der Waals surface area (Å²) in [6.07, 6.45) is 2.89. The number of rotatable bonds is 11. The average molecular weight is 771 g/mol. The Bertz CT molecular complexity index is 1170. The van der Waals surface area contributed by atoms with E-state index in [0.29, 0.717) is 24.7 Å². The fourth-order valence-electron chi connectivity index (χ4n) is 1.92. The van der Waals surface area contributed by atoms with E-state index in [4.69, 9.17) is 4.74 Å². The Labute approximate surface area is 301 Å². The van der Waals surface area contributed by atoms with Crippen LogP contribution in [0.3, 0.4) is 0 Å². The van der Waals surface area contributed by atoms with Crippen LogP contribution in [0.4, 0.5) is 4.79 Å². The van der Waals surface area contributed by atoms with Crippen molar-refractivity contribution in [3.63, 3.8) is 0 Å². The minimum atomic E-state index is -3.48. The highest BCUT2D eigenvalue weighted by Crippen LogP contribution is 2.01. The summed E-state index contributed by atoms with van der Waals surface area (Å²) in [4.78, 5) is 33.1. The molecule has 0 atom stereocenters. The average Bonchev–Trinajstić information content (AvgIpc) is 2.92. The van der Waals surface area contributed by atoms with Gasteiger partial charge in [0.2, 0.25) is 26.0 Å². The summed E-state index contributed by atoms with van der Waals surface area (Å²) in [6, 6.07) is -0.342. The summed E-state index contributed by atoms with van der Waals surface area (Å²) >= 11 is 0. The molecule has 2 N–H and O–H groups in total. The molecule has 0 rings (SSSR count). The number of carbonyl (C=O) groups is 3. The van der Waals surface area contributed by atoms with E-state index in [-0.39, 0.29) is 28.4 Å². The van der Waals surface area contributed by atoms with Crippen LogP contribution in [0.15, 0.2) is 0 Å². The molecule has 0 aromatic rings. The van der Waals surface area contributed by atoms with Gasteiger partial charge in [-0.25, -0.2) is 39.1 Å². The maximum absolute atomic E-state index is 11.1. The fraction of sp³-hybridized carbons (Fsp3) is 0.906. The van der Waals surface area contributed by atoms with Crippen LogP contribution in [0.1, 0.15) is 117 Å². The third kappa shape index (κ3) is 42.3. The molecule has 0 saturated heterocycles. The second kappa shape index (κ2) is 31.0.